The van der Waals surface area contributed by atoms with Gasteiger partial charge >= 0.3 is 0 Å². The highest BCUT2D eigenvalue weighted by Crippen LogP contribution is 2.26. The van der Waals surface area contributed by atoms with E-state index in [1.807, 2.05) is 12.1 Å². The SMILES string of the molecule is N#Cc1ccc(N=Cc2ccc(OCC(=O)N3CCOCC3)c(Br)c2)cc1. The van der Waals surface area contributed by atoms with E-state index in [0.29, 0.717) is 37.6 Å². The maximum atomic E-state index is 12.1. The van der Waals surface area contributed by atoms with Crippen molar-refractivity contribution in [2.24, 2.45) is 4.99 Å². The Morgan fingerprint density at radius 1 is 1.26 bits per heavy atom. The zero-order valence-electron chi connectivity index (χ0n) is 14.6. The summed E-state index contributed by atoms with van der Waals surface area (Å²) in [6, 6.07) is 14.7. The van der Waals surface area contributed by atoms with Crippen LogP contribution in [0.5, 0.6) is 5.75 Å². The van der Waals surface area contributed by atoms with Crippen molar-refractivity contribution in [2.75, 3.05) is 32.9 Å². The van der Waals surface area contributed by atoms with Gasteiger partial charge in [-0.2, -0.15) is 5.26 Å². The van der Waals surface area contributed by atoms with Crippen molar-refractivity contribution in [3.8, 4) is 11.8 Å². The molecular formula is C20H18BrN3O3. The number of rotatable bonds is 5. The number of hydrogen-bond donors (Lipinski definition) is 0. The zero-order chi connectivity index (χ0) is 19.1. The fourth-order valence-corrected chi connectivity index (χ4v) is 3.04. The second-order valence-electron chi connectivity index (χ2n) is 5.89. The molecule has 1 heterocycles. The summed E-state index contributed by atoms with van der Waals surface area (Å²) in [5, 5.41) is 8.81. The van der Waals surface area contributed by atoms with Gasteiger partial charge in [-0.1, -0.05) is 0 Å². The first-order valence-corrected chi connectivity index (χ1v) is 9.27. The predicted octanol–water partition coefficient (Wildman–Crippen LogP) is 3.31. The standard InChI is InChI=1S/C20H18BrN3O3/c21-18-11-16(13-23-17-4-1-15(12-22)2-5-17)3-6-19(18)27-14-20(25)24-7-9-26-10-8-24/h1-6,11,13H,7-10,14H2. The number of morpholine rings is 1. The number of carbonyl (C=O) groups is 1. The van der Waals surface area contributed by atoms with Crippen LogP contribution in [0.1, 0.15) is 11.1 Å². The molecule has 2 aromatic carbocycles. The quantitative estimate of drug-likeness (QED) is 0.685. The third-order valence-electron chi connectivity index (χ3n) is 4.03. The first-order valence-electron chi connectivity index (χ1n) is 8.48. The summed E-state index contributed by atoms with van der Waals surface area (Å²) < 4.78 is 11.6. The topological polar surface area (TPSA) is 74.9 Å². The Kier molecular flexibility index (Phi) is 6.58. The minimum atomic E-state index is -0.0448. The molecule has 1 aliphatic rings. The van der Waals surface area contributed by atoms with Crippen LogP contribution in [0.3, 0.4) is 0 Å². The lowest BCUT2D eigenvalue weighted by Gasteiger charge is -2.26. The molecule has 2 aromatic rings. The van der Waals surface area contributed by atoms with E-state index in [9.17, 15) is 4.79 Å². The molecular weight excluding hydrogens is 410 g/mol. The maximum absolute atomic E-state index is 12.1. The van der Waals surface area contributed by atoms with Gasteiger partial charge in [0.15, 0.2) is 6.61 Å². The van der Waals surface area contributed by atoms with Crippen LogP contribution < -0.4 is 4.74 Å². The monoisotopic (exact) mass is 427 g/mol. The van der Waals surface area contributed by atoms with Gasteiger partial charge in [-0.15, -0.1) is 0 Å². The van der Waals surface area contributed by atoms with Crippen LogP contribution in [-0.2, 0) is 9.53 Å². The molecule has 138 valence electrons. The summed E-state index contributed by atoms with van der Waals surface area (Å²) in [7, 11) is 0. The van der Waals surface area contributed by atoms with Crippen molar-refractivity contribution in [3.05, 3.63) is 58.1 Å². The molecule has 0 N–H and O–H groups in total. The van der Waals surface area contributed by atoms with Gasteiger partial charge in [-0.3, -0.25) is 9.79 Å². The van der Waals surface area contributed by atoms with Crippen molar-refractivity contribution in [2.45, 2.75) is 0 Å². The summed E-state index contributed by atoms with van der Waals surface area (Å²) in [5.74, 6) is 0.559. The molecule has 0 unspecified atom stereocenters. The molecule has 0 spiro atoms. The highest BCUT2D eigenvalue weighted by atomic mass is 79.9. The molecule has 0 bridgehead atoms. The van der Waals surface area contributed by atoms with Crippen molar-refractivity contribution in [1.82, 2.24) is 4.90 Å². The molecule has 0 saturated carbocycles. The van der Waals surface area contributed by atoms with Gasteiger partial charge in [0, 0.05) is 19.3 Å². The molecule has 6 nitrogen and oxygen atoms in total. The predicted molar refractivity (Wildman–Crippen MR) is 105 cm³/mol. The molecule has 1 fully saturated rings. The fraction of sp³-hybridized carbons (Fsp3) is 0.250. The number of ether oxygens (including phenoxy) is 2. The number of nitrogens with zero attached hydrogens (tertiary/aromatic N) is 3. The van der Waals surface area contributed by atoms with Gasteiger partial charge in [0.1, 0.15) is 5.75 Å². The van der Waals surface area contributed by atoms with Crippen LogP contribution in [0.2, 0.25) is 0 Å². The molecule has 27 heavy (non-hydrogen) atoms. The van der Waals surface area contributed by atoms with Crippen LogP contribution in [-0.4, -0.2) is 49.9 Å². The van der Waals surface area contributed by atoms with E-state index in [-0.39, 0.29) is 12.5 Å². The molecule has 1 aliphatic heterocycles. The second kappa shape index (κ2) is 9.31. The Hall–Kier alpha value is -2.69. The number of benzene rings is 2. The Morgan fingerprint density at radius 2 is 2.00 bits per heavy atom. The Labute approximate surface area is 166 Å². The lowest BCUT2D eigenvalue weighted by atomic mass is 10.2. The molecule has 1 amide bonds. The first-order chi connectivity index (χ1) is 13.2. The van der Waals surface area contributed by atoms with Gasteiger partial charge in [0.2, 0.25) is 0 Å². The highest BCUT2D eigenvalue weighted by Gasteiger charge is 2.17. The molecule has 0 aromatic heterocycles. The normalized spacial score (nSPS) is 14.1. The summed E-state index contributed by atoms with van der Waals surface area (Å²) in [6.45, 7) is 2.35. The number of aliphatic imine (C=N–C) groups is 1. The number of carbonyl (C=O) groups excluding carboxylic acids is 1. The lowest BCUT2D eigenvalue weighted by Crippen LogP contribution is -2.43. The van der Waals surface area contributed by atoms with Crippen molar-refractivity contribution in [3.63, 3.8) is 0 Å². The molecule has 0 radical (unpaired) electrons. The highest BCUT2D eigenvalue weighted by molar-refractivity contribution is 9.10. The van der Waals surface area contributed by atoms with Gasteiger partial charge in [0.25, 0.3) is 5.91 Å². The Balaban J connectivity index is 1.58. The van der Waals surface area contributed by atoms with Gasteiger partial charge in [-0.05, 0) is 64.0 Å². The fourth-order valence-electron chi connectivity index (χ4n) is 2.53. The molecule has 0 atom stereocenters. The van der Waals surface area contributed by atoms with Crippen LogP contribution in [0, 0.1) is 11.3 Å². The summed E-state index contributed by atoms with van der Waals surface area (Å²) in [4.78, 5) is 18.3. The number of halogens is 1. The average molecular weight is 428 g/mol. The smallest absolute Gasteiger partial charge is 0.260 e. The van der Waals surface area contributed by atoms with Crippen molar-refractivity contribution in [1.29, 1.82) is 5.26 Å². The van der Waals surface area contributed by atoms with Gasteiger partial charge in [0.05, 0.1) is 35.0 Å². The van der Waals surface area contributed by atoms with E-state index in [1.165, 1.54) is 0 Å². The van der Waals surface area contributed by atoms with E-state index in [4.69, 9.17) is 14.7 Å². The van der Waals surface area contributed by atoms with E-state index < -0.39 is 0 Å². The summed E-state index contributed by atoms with van der Waals surface area (Å²) in [6.07, 6.45) is 1.73. The third kappa shape index (κ3) is 5.39. The Morgan fingerprint density at radius 3 is 2.67 bits per heavy atom. The minimum absolute atomic E-state index is 0.00270. The lowest BCUT2D eigenvalue weighted by molar-refractivity contribution is -0.137. The number of hydrogen-bond acceptors (Lipinski definition) is 5. The first kappa shape index (κ1) is 19.1. The van der Waals surface area contributed by atoms with Crippen LogP contribution in [0.4, 0.5) is 5.69 Å². The second-order valence-corrected chi connectivity index (χ2v) is 6.74. The van der Waals surface area contributed by atoms with E-state index in [1.54, 1.807) is 41.4 Å². The van der Waals surface area contributed by atoms with Crippen LogP contribution in [0.25, 0.3) is 0 Å². The number of amides is 1. The molecule has 0 aliphatic carbocycles. The zero-order valence-corrected chi connectivity index (χ0v) is 16.2. The maximum Gasteiger partial charge on any atom is 0.260 e. The van der Waals surface area contributed by atoms with Gasteiger partial charge in [-0.25, -0.2) is 0 Å². The summed E-state index contributed by atoms with van der Waals surface area (Å²) >= 11 is 3.47. The number of nitriles is 1. The molecule has 3 rings (SSSR count). The average Bonchev–Trinajstić information content (AvgIpc) is 2.72. The molecule has 7 heteroatoms. The van der Waals surface area contributed by atoms with Crippen molar-refractivity contribution < 1.29 is 14.3 Å². The van der Waals surface area contributed by atoms with Crippen LogP contribution in [0.15, 0.2) is 51.9 Å². The van der Waals surface area contributed by atoms with Crippen molar-refractivity contribution >= 4 is 33.7 Å². The third-order valence-corrected chi connectivity index (χ3v) is 4.65. The largest absolute Gasteiger partial charge is 0.483 e. The van der Waals surface area contributed by atoms with E-state index >= 15 is 0 Å². The Bertz CT molecular complexity index is 869. The van der Waals surface area contributed by atoms with E-state index in [2.05, 4.69) is 27.0 Å². The van der Waals surface area contributed by atoms with E-state index in [0.717, 1.165) is 15.7 Å². The molecule has 1 saturated heterocycles. The van der Waals surface area contributed by atoms with Gasteiger partial charge < -0.3 is 14.4 Å². The minimum Gasteiger partial charge on any atom is -0.483 e. The van der Waals surface area contributed by atoms with Crippen LogP contribution >= 0.6 is 15.9 Å². The summed E-state index contributed by atoms with van der Waals surface area (Å²) in [5.41, 5.74) is 2.25.